The number of anilines is 1. The second-order valence-electron chi connectivity index (χ2n) is 5.50. The first-order valence-corrected chi connectivity index (χ1v) is 9.80. The number of rotatable bonds is 3. The van der Waals surface area contributed by atoms with Crippen molar-refractivity contribution in [2.45, 2.75) is 22.6 Å². The summed E-state index contributed by atoms with van der Waals surface area (Å²) in [6.07, 6.45) is 3.73. The molecule has 0 atom stereocenters. The molecule has 1 aromatic heterocycles. The highest BCUT2D eigenvalue weighted by molar-refractivity contribution is 7.99. The fraction of sp³-hybridized carbons (Fsp3) is 0.188. The minimum Gasteiger partial charge on any atom is -0.280 e. The van der Waals surface area contributed by atoms with Crippen molar-refractivity contribution in [3.63, 3.8) is 0 Å². The van der Waals surface area contributed by atoms with Crippen molar-refractivity contribution in [3.05, 3.63) is 48.2 Å². The molecular weight excluding hydrogens is 330 g/mol. The van der Waals surface area contributed by atoms with E-state index in [0.29, 0.717) is 10.6 Å². The van der Waals surface area contributed by atoms with Gasteiger partial charge in [0.25, 0.3) is 10.0 Å². The third-order valence-corrected chi connectivity index (χ3v) is 6.47. The van der Waals surface area contributed by atoms with Crippen molar-refractivity contribution in [1.29, 1.82) is 0 Å². The minimum atomic E-state index is -3.59. The van der Waals surface area contributed by atoms with Crippen LogP contribution in [0.25, 0.3) is 10.9 Å². The van der Waals surface area contributed by atoms with Crippen LogP contribution in [0, 0.1) is 0 Å². The predicted octanol–water partition coefficient (Wildman–Crippen LogP) is 3.40. The van der Waals surface area contributed by atoms with Gasteiger partial charge in [-0.05, 0) is 60.6 Å². The highest BCUT2D eigenvalue weighted by Gasteiger charge is 2.18. The molecule has 1 aliphatic rings. The third-order valence-electron chi connectivity index (χ3n) is 3.88. The summed E-state index contributed by atoms with van der Waals surface area (Å²) in [5, 5.41) is 7.72. The lowest BCUT2D eigenvalue weighted by Crippen LogP contribution is -2.13. The molecule has 1 aliphatic heterocycles. The van der Waals surface area contributed by atoms with Gasteiger partial charge in [-0.2, -0.15) is 5.10 Å². The monoisotopic (exact) mass is 345 g/mol. The van der Waals surface area contributed by atoms with E-state index in [1.54, 1.807) is 42.2 Å². The number of sulfonamides is 1. The Morgan fingerprint density at radius 2 is 2.09 bits per heavy atom. The van der Waals surface area contributed by atoms with E-state index in [-0.39, 0.29) is 0 Å². The van der Waals surface area contributed by atoms with Crippen LogP contribution >= 0.6 is 11.8 Å². The summed E-state index contributed by atoms with van der Waals surface area (Å²) in [5.41, 5.74) is 2.44. The van der Waals surface area contributed by atoms with E-state index in [2.05, 4.69) is 14.9 Å². The average Bonchev–Trinajstić information content (AvgIpc) is 3.01. The first kappa shape index (κ1) is 14.6. The highest BCUT2D eigenvalue weighted by atomic mass is 32.2. The van der Waals surface area contributed by atoms with Crippen LogP contribution in [-0.2, 0) is 16.4 Å². The first-order valence-electron chi connectivity index (χ1n) is 7.33. The maximum atomic E-state index is 12.6. The fourth-order valence-corrected chi connectivity index (χ4v) is 4.84. The molecule has 0 fully saturated rings. The van der Waals surface area contributed by atoms with Gasteiger partial charge in [0.1, 0.15) is 0 Å². The Bertz CT molecular complexity index is 980. The topological polar surface area (TPSA) is 74.8 Å². The van der Waals surface area contributed by atoms with E-state index in [1.807, 2.05) is 12.1 Å². The van der Waals surface area contributed by atoms with Crippen molar-refractivity contribution >= 4 is 38.4 Å². The predicted molar refractivity (Wildman–Crippen MR) is 92.4 cm³/mol. The molecule has 0 amide bonds. The smallest absolute Gasteiger partial charge is 0.261 e. The van der Waals surface area contributed by atoms with Gasteiger partial charge in [-0.1, -0.05) is 0 Å². The van der Waals surface area contributed by atoms with Crippen molar-refractivity contribution in [2.24, 2.45) is 0 Å². The summed E-state index contributed by atoms with van der Waals surface area (Å²) >= 11 is 1.79. The SMILES string of the molecule is O=S(=O)(Nc1ccc2cn[nH]c2c1)c1ccc2c(c1)CCCS2. The molecule has 0 radical (unpaired) electrons. The summed E-state index contributed by atoms with van der Waals surface area (Å²) in [5.74, 6) is 1.10. The Hall–Kier alpha value is -1.99. The van der Waals surface area contributed by atoms with Crippen LogP contribution in [0.2, 0.25) is 0 Å². The highest BCUT2D eigenvalue weighted by Crippen LogP contribution is 2.32. The van der Waals surface area contributed by atoms with Crippen molar-refractivity contribution in [3.8, 4) is 0 Å². The van der Waals surface area contributed by atoms with E-state index < -0.39 is 10.0 Å². The molecule has 3 aromatic rings. The number of H-pyrrole nitrogens is 1. The Morgan fingerprint density at radius 1 is 1.17 bits per heavy atom. The van der Waals surface area contributed by atoms with E-state index in [1.165, 1.54) is 4.90 Å². The number of fused-ring (bicyclic) bond motifs is 2. The number of nitrogens with zero attached hydrogens (tertiary/aromatic N) is 1. The van der Waals surface area contributed by atoms with Crippen molar-refractivity contribution < 1.29 is 8.42 Å². The summed E-state index contributed by atoms with van der Waals surface area (Å²) in [6.45, 7) is 0. The molecule has 0 saturated carbocycles. The Labute approximate surface area is 138 Å². The molecule has 118 valence electrons. The van der Waals surface area contributed by atoms with Gasteiger partial charge < -0.3 is 0 Å². The number of aromatic amines is 1. The number of hydrogen-bond donors (Lipinski definition) is 2. The molecule has 0 aliphatic carbocycles. The van der Waals surface area contributed by atoms with Crippen LogP contribution in [0.15, 0.2) is 52.4 Å². The number of aromatic nitrogens is 2. The van der Waals surface area contributed by atoms with Crippen LogP contribution in [0.4, 0.5) is 5.69 Å². The van der Waals surface area contributed by atoms with Gasteiger partial charge in [0.15, 0.2) is 0 Å². The van der Waals surface area contributed by atoms with E-state index in [4.69, 9.17) is 0 Å². The van der Waals surface area contributed by atoms with Gasteiger partial charge in [-0.15, -0.1) is 11.8 Å². The first-order chi connectivity index (χ1) is 11.1. The molecule has 2 aromatic carbocycles. The quantitative estimate of drug-likeness (QED) is 0.763. The molecule has 0 saturated heterocycles. The number of hydrogen-bond acceptors (Lipinski definition) is 4. The van der Waals surface area contributed by atoms with Crippen LogP contribution in [-0.4, -0.2) is 24.4 Å². The molecule has 0 bridgehead atoms. The molecule has 2 N–H and O–H groups in total. The zero-order valence-electron chi connectivity index (χ0n) is 12.2. The minimum absolute atomic E-state index is 0.309. The van der Waals surface area contributed by atoms with Crippen LogP contribution < -0.4 is 4.72 Å². The van der Waals surface area contributed by atoms with Crippen LogP contribution in [0.3, 0.4) is 0 Å². The summed E-state index contributed by atoms with van der Waals surface area (Å²) in [6, 6.07) is 10.7. The molecule has 0 spiro atoms. The van der Waals surface area contributed by atoms with Gasteiger partial charge in [-0.25, -0.2) is 8.42 Å². The standard InChI is InChI=1S/C16H15N3O2S2/c20-23(21,14-5-6-16-11(8-14)2-1-7-22-16)19-13-4-3-12-10-17-18-15(12)9-13/h3-6,8-10,19H,1-2,7H2,(H,17,18). The zero-order valence-corrected chi connectivity index (χ0v) is 13.9. The maximum Gasteiger partial charge on any atom is 0.261 e. The Morgan fingerprint density at radius 3 is 3.00 bits per heavy atom. The average molecular weight is 345 g/mol. The lowest BCUT2D eigenvalue weighted by atomic mass is 10.1. The molecule has 7 heteroatoms. The van der Waals surface area contributed by atoms with Gasteiger partial charge in [0, 0.05) is 10.3 Å². The van der Waals surface area contributed by atoms with Gasteiger partial charge in [0.05, 0.1) is 22.3 Å². The molecule has 23 heavy (non-hydrogen) atoms. The molecule has 0 unspecified atom stereocenters. The second-order valence-corrected chi connectivity index (χ2v) is 8.32. The largest absolute Gasteiger partial charge is 0.280 e. The number of thioether (sulfide) groups is 1. The fourth-order valence-electron chi connectivity index (χ4n) is 2.72. The molecule has 2 heterocycles. The van der Waals surface area contributed by atoms with E-state index >= 15 is 0 Å². The molecular formula is C16H15N3O2S2. The number of aryl methyl sites for hydroxylation is 1. The second kappa shape index (κ2) is 5.58. The molecule has 5 nitrogen and oxygen atoms in total. The number of nitrogens with one attached hydrogen (secondary N) is 2. The van der Waals surface area contributed by atoms with Crippen molar-refractivity contribution in [2.75, 3.05) is 10.5 Å². The normalized spacial score (nSPS) is 14.6. The summed E-state index contributed by atoms with van der Waals surface area (Å²) in [4.78, 5) is 1.50. The van der Waals surface area contributed by atoms with Gasteiger partial charge in [-0.3, -0.25) is 9.82 Å². The lowest BCUT2D eigenvalue weighted by molar-refractivity contribution is 0.601. The third kappa shape index (κ3) is 2.82. The van der Waals surface area contributed by atoms with E-state index in [9.17, 15) is 8.42 Å². The summed E-state index contributed by atoms with van der Waals surface area (Å²) in [7, 11) is -3.59. The van der Waals surface area contributed by atoms with Crippen molar-refractivity contribution in [1.82, 2.24) is 10.2 Å². The van der Waals surface area contributed by atoms with Crippen LogP contribution in [0.1, 0.15) is 12.0 Å². The summed E-state index contributed by atoms with van der Waals surface area (Å²) < 4.78 is 27.9. The Balaban J connectivity index is 1.66. The zero-order chi connectivity index (χ0) is 15.9. The lowest BCUT2D eigenvalue weighted by Gasteiger charge is -2.16. The van der Waals surface area contributed by atoms with Gasteiger partial charge in [0.2, 0.25) is 0 Å². The van der Waals surface area contributed by atoms with E-state index in [0.717, 1.165) is 35.1 Å². The Kier molecular flexibility index (Phi) is 3.54. The van der Waals surface area contributed by atoms with Crippen LogP contribution in [0.5, 0.6) is 0 Å². The maximum absolute atomic E-state index is 12.6. The number of benzene rings is 2. The molecule has 4 rings (SSSR count). The van der Waals surface area contributed by atoms with Gasteiger partial charge >= 0.3 is 0 Å².